The SMILES string of the molecule is CCC(=O)N1CCC[C@@H]1c1nc2ccccc2n1Cc1ccccc1C. The second-order valence-corrected chi connectivity index (χ2v) is 7.07. The highest BCUT2D eigenvalue weighted by atomic mass is 16.2. The summed E-state index contributed by atoms with van der Waals surface area (Å²) in [5, 5.41) is 0. The molecule has 1 amide bonds. The molecule has 1 aliphatic heterocycles. The summed E-state index contributed by atoms with van der Waals surface area (Å²) in [5.74, 6) is 1.25. The highest BCUT2D eigenvalue weighted by molar-refractivity contribution is 5.78. The van der Waals surface area contributed by atoms with Gasteiger partial charge in [-0.15, -0.1) is 0 Å². The number of aryl methyl sites for hydroxylation is 1. The van der Waals surface area contributed by atoms with Gasteiger partial charge >= 0.3 is 0 Å². The molecule has 2 aromatic carbocycles. The van der Waals surface area contributed by atoms with E-state index >= 15 is 0 Å². The molecule has 3 aromatic rings. The van der Waals surface area contributed by atoms with Gasteiger partial charge < -0.3 is 9.47 Å². The number of hydrogen-bond acceptors (Lipinski definition) is 2. The Labute approximate surface area is 154 Å². The lowest BCUT2D eigenvalue weighted by molar-refractivity contribution is -0.131. The maximum absolute atomic E-state index is 12.4. The van der Waals surface area contributed by atoms with E-state index in [9.17, 15) is 4.79 Å². The fourth-order valence-corrected chi connectivity index (χ4v) is 4.01. The minimum absolute atomic E-state index is 0.0823. The van der Waals surface area contributed by atoms with E-state index in [1.54, 1.807) is 0 Å². The molecule has 4 rings (SSSR count). The summed E-state index contributed by atoms with van der Waals surface area (Å²) in [6.45, 7) is 5.71. The van der Waals surface area contributed by atoms with Crippen LogP contribution in [0.2, 0.25) is 0 Å². The van der Waals surface area contributed by atoms with Gasteiger partial charge in [0.1, 0.15) is 5.82 Å². The van der Waals surface area contributed by atoms with Gasteiger partial charge in [-0.3, -0.25) is 4.79 Å². The molecule has 1 saturated heterocycles. The molecule has 4 heteroatoms. The third kappa shape index (κ3) is 2.90. The van der Waals surface area contributed by atoms with Crippen LogP contribution in [-0.4, -0.2) is 26.9 Å². The van der Waals surface area contributed by atoms with E-state index < -0.39 is 0 Å². The van der Waals surface area contributed by atoms with Gasteiger partial charge in [0, 0.05) is 19.5 Å². The Morgan fingerprint density at radius 2 is 1.92 bits per heavy atom. The summed E-state index contributed by atoms with van der Waals surface area (Å²) in [6.07, 6.45) is 2.58. The van der Waals surface area contributed by atoms with Crippen molar-refractivity contribution in [2.45, 2.75) is 45.7 Å². The number of hydrogen-bond donors (Lipinski definition) is 0. The first kappa shape index (κ1) is 16.8. The zero-order chi connectivity index (χ0) is 18.1. The van der Waals surface area contributed by atoms with Gasteiger partial charge in [-0.05, 0) is 43.0 Å². The Bertz CT molecular complexity index is 943. The lowest BCUT2D eigenvalue weighted by Crippen LogP contribution is -2.31. The van der Waals surface area contributed by atoms with E-state index in [4.69, 9.17) is 4.98 Å². The molecule has 26 heavy (non-hydrogen) atoms. The molecule has 1 aromatic heterocycles. The molecular weight excluding hydrogens is 322 g/mol. The molecule has 0 radical (unpaired) electrons. The molecule has 1 atom stereocenters. The zero-order valence-corrected chi connectivity index (χ0v) is 15.5. The van der Waals surface area contributed by atoms with E-state index in [0.29, 0.717) is 6.42 Å². The molecule has 0 unspecified atom stereocenters. The third-order valence-electron chi connectivity index (χ3n) is 5.45. The van der Waals surface area contributed by atoms with Crippen LogP contribution in [0.5, 0.6) is 0 Å². The van der Waals surface area contributed by atoms with Crippen LogP contribution in [0, 0.1) is 6.92 Å². The molecule has 4 nitrogen and oxygen atoms in total. The molecule has 1 aliphatic rings. The molecule has 2 heterocycles. The number of nitrogens with zero attached hydrogens (tertiary/aromatic N) is 3. The fourth-order valence-electron chi connectivity index (χ4n) is 4.01. The molecule has 0 N–H and O–H groups in total. The summed E-state index contributed by atoms with van der Waals surface area (Å²) in [6, 6.07) is 16.9. The number of aromatic nitrogens is 2. The van der Waals surface area contributed by atoms with Crippen LogP contribution in [0.4, 0.5) is 0 Å². The van der Waals surface area contributed by atoms with Crippen LogP contribution in [0.3, 0.4) is 0 Å². The van der Waals surface area contributed by atoms with Crippen molar-refractivity contribution in [3.63, 3.8) is 0 Å². The summed E-state index contributed by atoms with van der Waals surface area (Å²) in [5.41, 5.74) is 4.72. The van der Waals surface area contributed by atoms with E-state index in [1.807, 2.05) is 17.9 Å². The van der Waals surface area contributed by atoms with Gasteiger partial charge in [-0.25, -0.2) is 4.98 Å². The van der Waals surface area contributed by atoms with Crippen molar-refractivity contribution < 1.29 is 4.79 Å². The van der Waals surface area contributed by atoms with Gasteiger partial charge in [0.15, 0.2) is 0 Å². The highest BCUT2D eigenvalue weighted by Gasteiger charge is 2.33. The van der Waals surface area contributed by atoms with E-state index in [-0.39, 0.29) is 11.9 Å². The normalized spacial score (nSPS) is 17.2. The number of imidazole rings is 1. The standard InChI is InChI=1S/C22H25N3O/c1-3-21(26)24-14-8-13-20(24)22-23-18-11-6-7-12-19(18)25(22)15-17-10-5-4-9-16(17)2/h4-7,9-12,20H,3,8,13-15H2,1-2H3/t20-/m1/s1. The van der Waals surface area contributed by atoms with Gasteiger partial charge in [-0.1, -0.05) is 43.3 Å². The van der Waals surface area contributed by atoms with Gasteiger partial charge in [-0.2, -0.15) is 0 Å². The molecule has 0 aliphatic carbocycles. The average molecular weight is 347 g/mol. The smallest absolute Gasteiger partial charge is 0.222 e. The predicted molar refractivity (Wildman–Crippen MR) is 104 cm³/mol. The Morgan fingerprint density at radius 1 is 1.15 bits per heavy atom. The Balaban J connectivity index is 1.82. The number of para-hydroxylation sites is 2. The fraction of sp³-hybridized carbons (Fsp3) is 0.364. The zero-order valence-electron chi connectivity index (χ0n) is 15.5. The van der Waals surface area contributed by atoms with Crippen molar-refractivity contribution in [1.82, 2.24) is 14.5 Å². The highest BCUT2D eigenvalue weighted by Crippen LogP contribution is 2.34. The number of likely N-dealkylation sites (tertiary alicyclic amines) is 1. The molecular formula is C22H25N3O. The van der Waals surface area contributed by atoms with E-state index in [2.05, 4.69) is 54.0 Å². The third-order valence-corrected chi connectivity index (χ3v) is 5.45. The monoisotopic (exact) mass is 347 g/mol. The van der Waals surface area contributed by atoms with Crippen LogP contribution >= 0.6 is 0 Å². The van der Waals surface area contributed by atoms with Crippen LogP contribution in [0.1, 0.15) is 49.2 Å². The molecule has 0 saturated carbocycles. The Morgan fingerprint density at radius 3 is 2.73 bits per heavy atom. The van der Waals surface area contributed by atoms with Crippen molar-refractivity contribution in [2.75, 3.05) is 6.54 Å². The first-order chi connectivity index (χ1) is 12.7. The van der Waals surface area contributed by atoms with Crippen LogP contribution < -0.4 is 0 Å². The van der Waals surface area contributed by atoms with Crippen molar-refractivity contribution in [2.24, 2.45) is 0 Å². The van der Waals surface area contributed by atoms with Crippen molar-refractivity contribution in [3.05, 3.63) is 65.5 Å². The van der Waals surface area contributed by atoms with Gasteiger partial charge in [0.25, 0.3) is 0 Å². The predicted octanol–water partition coefficient (Wildman–Crippen LogP) is 4.47. The minimum Gasteiger partial charge on any atom is -0.333 e. The molecule has 134 valence electrons. The summed E-state index contributed by atoms with van der Waals surface area (Å²) in [4.78, 5) is 19.4. The summed E-state index contributed by atoms with van der Waals surface area (Å²) in [7, 11) is 0. The van der Waals surface area contributed by atoms with Crippen molar-refractivity contribution in [1.29, 1.82) is 0 Å². The largest absolute Gasteiger partial charge is 0.333 e. The van der Waals surface area contributed by atoms with Crippen LogP contribution in [0.15, 0.2) is 48.5 Å². The van der Waals surface area contributed by atoms with Gasteiger partial charge in [0.05, 0.1) is 17.1 Å². The number of rotatable bonds is 4. The number of amides is 1. The van der Waals surface area contributed by atoms with E-state index in [1.165, 1.54) is 11.1 Å². The van der Waals surface area contributed by atoms with Crippen molar-refractivity contribution >= 4 is 16.9 Å². The molecule has 0 bridgehead atoms. The summed E-state index contributed by atoms with van der Waals surface area (Å²) < 4.78 is 2.31. The number of fused-ring (bicyclic) bond motifs is 1. The maximum atomic E-state index is 12.4. The Hall–Kier alpha value is -2.62. The van der Waals surface area contributed by atoms with Crippen LogP contribution in [-0.2, 0) is 11.3 Å². The Kier molecular flexibility index (Phi) is 4.49. The quantitative estimate of drug-likeness (QED) is 0.698. The van der Waals surface area contributed by atoms with E-state index in [0.717, 1.165) is 42.8 Å². The van der Waals surface area contributed by atoms with Crippen molar-refractivity contribution in [3.8, 4) is 0 Å². The van der Waals surface area contributed by atoms with Gasteiger partial charge in [0.2, 0.25) is 5.91 Å². The number of benzene rings is 2. The topological polar surface area (TPSA) is 38.1 Å². The second-order valence-electron chi connectivity index (χ2n) is 7.07. The van der Waals surface area contributed by atoms with Crippen LogP contribution in [0.25, 0.3) is 11.0 Å². The average Bonchev–Trinajstić information content (AvgIpc) is 3.28. The number of carbonyl (C=O) groups is 1. The first-order valence-electron chi connectivity index (χ1n) is 9.48. The first-order valence-corrected chi connectivity index (χ1v) is 9.48. The molecule has 1 fully saturated rings. The molecule has 0 spiro atoms. The lowest BCUT2D eigenvalue weighted by Gasteiger charge is -2.25. The number of carbonyl (C=O) groups excluding carboxylic acids is 1. The maximum Gasteiger partial charge on any atom is 0.222 e. The minimum atomic E-state index is 0.0823. The second kappa shape index (κ2) is 6.94. The summed E-state index contributed by atoms with van der Waals surface area (Å²) >= 11 is 0. The lowest BCUT2D eigenvalue weighted by atomic mass is 10.1.